The van der Waals surface area contributed by atoms with Gasteiger partial charge in [0.25, 0.3) is 0 Å². The van der Waals surface area contributed by atoms with E-state index in [9.17, 15) is 8.78 Å². The summed E-state index contributed by atoms with van der Waals surface area (Å²) in [4.78, 5) is 4.46. The zero-order valence-electron chi connectivity index (χ0n) is 11.3. The zero-order chi connectivity index (χ0) is 15.0. The highest BCUT2D eigenvalue weighted by atomic mass is 19.3. The maximum Gasteiger partial charge on any atom is 0.387 e. The summed E-state index contributed by atoms with van der Waals surface area (Å²) >= 11 is 0. The summed E-state index contributed by atoms with van der Waals surface area (Å²) in [5.41, 5.74) is 8.61. The van der Waals surface area contributed by atoms with Crippen LogP contribution in [0.4, 0.5) is 14.6 Å². The second-order valence-corrected chi connectivity index (χ2v) is 4.61. The molecule has 0 fully saturated rings. The summed E-state index contributed by atoms with van der Waals surface area (Å²) in [6.07, 6.45) is 1.78. The Morgan fingerprint density at radius 1 is 1.19 bits per heavy atom. The average Bonchev–Trinajstić information content (AvgIpc) is 2.78. The van der Waals surface area contributed by atoms with Gasteiger partial charge in [-0.25, -0.2) is 4.98 Å². The topological polar surface area (TPSA) is 52.5 Å². The van der Waals surface area contributed by atoms with E-state index in [-0.39, 0.29) is 5.75 Å². The van der Waals surface area contributed by atoms with Crippen LogP contribution in [0.2, 0.25) is 0 Å². The number of ether oxygens (including phenoxy) is 1. The van der Waals surface area contributed by atoms with Gasteiger partial charge in [0.2, 0.25) is 0 Å². The van der Waals surface area contributed by atoms with Crippen molar-refractivity contribution >= 4 is 11.5 Å². The highest BCUT2D eigenvalue weighted by molar-refractivity contribution is 5.79. The van der Waals surface area contributed by atoms with Crippen molar-refractivity contribution in [1.29, 1.82) is 0 Å². The van der Waals surface area contributed by atoms with Gasteiger partial charge in [0.1, 0.15) is 22.9 Å². The van der Waals surface area contributed by atoms with E-state index in [0.29, 0.717) is 22.7 Å². The van der Waals surface area contributed by atoms with Gasteiger partial charge in [-0.05, 0) is 30.7 Å². The van der Waals surface area contributed by atoms with Crippen LogP contribution in [0.15, 0.2) is 42.6 Å². The predicted molar refractivity (Wildman–Crippen MR) is 76.4 cm³/mol. The number of anilines is 1. The molecule has 0 aliphatic rings. The summed E-state index contributed by atoms with van der Waals surface area (Å²) < 4.78 is 31.3. The maximum absolute atomic E-state index is 12.5. The summed E-state index contributed by atoms with van der Waals surface area (Å²) in [7, 11) is 0. The van der Waals surface area contributed by atoms with Gasteiger partial charge in [-0.1, -0.05) is 18.2 Å². The molecular weight excluding hydrogens is 276 g/mol. The van der Waals surface area contributed by atoms with Crippen molar-refractivity contribution in [3.05, 3.63) is 48.2 Å². The molecule has 2 heterocycles. The van der Waals surface area contributed by atoms with Crippen molar-refractivity contribution in [3.63, 3.8) is 0 Å². The molecule has 0 saturated carbocycles. The molecule has 0 radical (unpaired) electrons. The van der Waals surface area contributed by atoms with Crippen molar-refractivity contribution in [2.75, 3.05) is 5.73 Å². The van der Waals surface area contributed by atoms with Crippen LogP contribution in [-0.2, 0) is 0 Å². The van der Waals surface area contributed by atoms with Gasteiger partial charge in [-0.15, -0.1) is 0 Å². The number of fused-ring (bicyclic) bond motifs is 1. The first-order chi connectivity index (χ1) is 10.1. The first-order valence-corrected chi connectivity index (χ1v) is 6.35. The number of hydrogen-bond acceptors (Lipinski definition) is 3. The number of aryl methyl sites for hydroxylation is 1. The highest BCUT2D eigenvalue weighted by Crippen LogP contribution is 2.34. The number of alkyl halides is 2. The Balaban J connectivity index is 2.22. The van der Waals surface area contributed by atoms with Gasteiger partial charge in [-0.3, -0.25) is 4.40 Å². The molecule has 3 aromatic rings. The van der Waals surface area contributed by atoms with E-state index < -0.39 is 6.61 Å². The molecule has 1 aromatic carbocycles. The quantitative estimate of drug-likeness (QED) is 0.803. The molecule has 0 aliphatic heterocycles. The molecule has 0 atom stereocenters. The number of hydrogen-bond donors (Lipinski definition) is 1. The van der Waals surface area contributed by atoms with E-state index in [1.807, 2.05) is 19.1 Å². The minimum Gasteiger partial charge on any atom is -0.434 e. The molecule has 0 spiro atoms. The molecule has 0 unspecified atom stereocenters. The Morgan fingerprint density at radius 3 is 2.67 bits per heavy atom. The van der Waals surface area contributed by atoms with Crippen LogP contribution in [0, 0.1) is 6.92 Å². The lowest BCUT2D eigenvalue weighted by atomic mass is 10.1. The van der Waals surface area contributed by atoms with Crippen LogP contribution in [0.3, 0.4) is 0 Å². The van der Waals surface area contributed by atoms with E-state index in [1.165, 1.54) is 6.07 Å². The number of nitrogen functional groups attached to an aromatic ring is 1. The number of rotatable bonds is 3. The summed E-state index contributed by atoms with van der Waals surface area (Å²) in [6, 6.07) is 10.2. The minimum absolute atomic E-state index is 0.0558. The van der Waals surface area contributed by atoms with E-state index in [4.69, 9.17) is 5.73 Å². The van der Waals surface area contributed by atoms with Gasteiger partial charge < -0.3 is 10.5 Å². The Hall–Kier alpha value is -2.63. The summed E-state index contributed by atoms with van der Waals surface area (Å²) in [6.45, 7) is -0.987. The molecule has 2 aromatic heterocycles. The number of para-hydroxylation sites is 1. The number of nitrogens with two attached hydrogens (primary N) is 1. The lowest BCUT2D eigenvalue weighted by molar-refractivity contribution is -0.0494. The largest absolute Gasteiger partial charge is 0.434 e. The fraction of sp³-hybridized carbons (Fsp3) is 0.133. The van der Waals surface area contributed by atoms with Crippen molar-refractivity contribution in [1.82, 2.24) is 9.38 Å². The van der Waals surface area contributed by atoms with Crippen LogP contribution >= 0.6 is 0 Å². The molecule has 0 saturated heterocycles. The average molecular weight is 289 g/mol. The Morgan fingerprint density at radius 2 is 1.95 bits per heavy atom. The molecule has 108 valence electrons. The molecular formula is C15H13F2N3O. The van der Waals surface area contributed by atoms with Crippen molar-refractivity contribution in [2.24, 2.45) is 0 Å². The van der Waals surface area contributed by atoms with E-state index >= 15 is 0 Å². The van der Waals surface area contributed by atoms with Crippen LogP contribution in [0.25, 0.3) is 16.9 Å². The van der Waals surface area contributed by atoms with Gasteiger partial charge in [0.15, 0.2) is 0 Å². The lowest BCUT2D eigenvalue weighted by Crippen LogP contribution is -2.03. The first-order valence-electron chi connectivity index (χ1n) is 6.35. The monoisotopic (exact) mass is 289 g/mol. The number of aromatic nitrogens is 2. The summed E-state index contributed by atoms with van der Waals surface area (Å²) in [5, 5.41) is 0. The Kier molecular flexibility index (Phi) is 3.21. The van der Waals surface area contributed by atoms with Gasteiger partial charge in [-0.2, -0.15) is 8.78 Å². The SMILES string of the molecule is Cc1cccn2c(N)c(-c3ccccc3OC(F)F)nc12. The van der Waals surface area contributed by atoms with Gasteiger partial charge in [0, 0.05) is 11.8 Å². The number of benzene rings is 1. The Labute approximate surface area is 119 Å². The molecule has 0 aliphatic carbocycles. The zero-order valence-corrected chi connectivity index (χ0v) is 11.3. The third kappa shape index (κ3) is 2.29. The molecule has 3 rings (SSSR count). The standard InChI is InChI=1S/C15H13F2N3O/c1-9-5-4-8-20-13(18)12(19-14(9)20)10-6-2-3-7-11(10)21-15(16)17/h2-8,15H,18H2,1H3. The van der Waals surface area contributed by atoms with Crippen molar-refractivity contribution < 1.29 is 13.5 Å². The predicted octanol–water partition coefficient (Wildman–Crippen LogP) is 3.49. The third-order valence-electron chi connectivity index (χ3n) is 3.24. The second kappa shape index (κ2) is 5.05. The molecule has 21 heavy (non-hydrogen) atoms. The van der Waals surface area contributed by atoms with E-state index in [2.05, 4.69) is 9.72 Å². The van der Waals surface area contributed by atoms with Crippen LogP contribution in [0.5, 0.6) is 5.75 Å². The first kappa shape index (κ1) is 13.4. The molecule has 4 nitrogen and oxygen atoms in total. The van der Waals surface area contributed by atoms with Gasteiger partial charge >= 0.3 is 6.61 Å². The highest BCUT2D eigenvalue weighted by Gasteiger charge is 2.17. The normalized spacial score (nSPS) is 11.2. The molecule has 0 bridgehead atoms. The summed E-state index contributed by atoms with van der Waals surface area (Å²) in [5.74, 6) is 0.444. The van der Waals surface area contributed by atoms with Crippen molar-refractivity contribution in [3.8, 4) is 17.0 Å². The van der Waals surface area contributed by atoms with Crippen LogP contribution in [-0.4, -0.2) is 16.0 Å². The number of nitrogens with zero attached hydrogens (tertiary/aromatic N) is 2. The molecule has 2 N–H and O–H groups in total. The van der Waals surface area contributed by atoms with Gasteiger partial charge in [0.05, 0.1) is 0 Å². The molecule has 0 amide bonds. The third-order valence-corrected chi connectivity index (χ3v) is 3.24. The number of halogens is 2. The second-order valence-electron chi connectivity index (χ2n) is 4.61. The smallest absolute Gasteiger partial charge is 0.387 e. The lowest BCUT2D eigenvalue weighted by Gasteiger charge is -2.09. The Bertz CT molecular complexity index is 799. The van der Waals surface area contributed by atoms with Crippen molar-refractivity contribution in [2.45, 2.75) is 13.5 Å². The van der Waals surface area contributed by atoms with E-state index in [0.717, 1.165) is 5.56 Å². The fourth-order valence-corrected chi connectivity index (χ4v) is 2.28. The van der Waals surface area contributed by atoms with E-state index in [1.54, 1.807) is 28.8 Å². The van der Waals surface area contributed by atoms with Crippen LogP contribution < -0.4 is 10.5 Å². The maximum atomic E-state index is 12.5. The minimum atomic E-state index is -2.90. The van der Waals surface area contributed by atoms with Crippen LogP contribution in [0.1, 0.15) is 5.56 Å². The number of imidazole rings is 1. The molecule has 6 heteroatoms. The number of pyridine rings is 1. The fourth-order valence-electron chi connectivity index (χ4n) is 2.28.